The Morgan fingerprint density at radius 1 is 1.40 bits per heavy atom. The molecule has 2 aromatic heterocycles. The highest BCUT2D eigenvalue weighted by molar-refractivity contribution is 6.29. The molecule has 0 radical (unpaired) electrons. The Hall–Kier alpha value is -1.90. The van der Waals surface area contributed by atoms with Gasteiger partial charge in [0.1, 0.15) is 23.1 Å². The van der Waals surface area contributed by atoms with Gasteiger partial charge in [-0.05, 0) is 31.4 Å². The number of nitriles is 1. The average Bonchev–Trinajstić information content (AvgIpc) is 2.97. The quantitative estimate of drug-likeness (QED) is 0.796. The molecular formula is C14H13ClN4O. The van der Waals surface area contributed by atoms with Crippen LogP contribution in [0.25, 0.3) is 11.1 Å². The second kappa shape index (κ2) is 5.61. The monoisotopic (exact) mass is 288 g/mol. The molecule has 20 heavy (non-hydrogen) atoms. The summed E-state index contributed by atoms with van der Waals surface area (Å²) >= 11 is 5.81. The lowest BCUT2D eigenvalue weighted by atomic mass is 10.1. The first kappa shape index (κ1) is 13.1. The zero-order chi connectivity index (χ0) is 13.9. The van der Waals surface area contributed by atoms with Crippen LogP contribution in [0.3, 0.4) is 0 Å². The van der Waals surface area contributed by atoms with E-state index in [0.29, 0.717) is 10.8 Å². The van der Waals surface area contributed by atoms with Crippen molar-refractivity contribution in [3.05, 3.63) is 35.4 Å². The highest BCUT2D eigenvalue weighted by atomic mass is 35.5. The molecule has 3 rings (SSSR count). The van der Waals surface area contributed by atoms with Gasteiger partial charge in [-0.25, -0.2) is 9.67 Å². The molecule has 1 unspecified atom stereocenters. The normalized spacial score (nSPS) is 18.7. The SMILES string of the molecule is N#Cc1nc(Cl)ccc1-c1cnn(C2CCCCO2)c1. The van der Waals surface area contributed by atoms with Gasteiger partial charge in [-0.3, -0.25) is 0 Å². The first-order valence-corrected chi connectivity index (χ1v) is 6.88. The molecule has 0 amide bonds. The van der Waals surface area contributed by atoms with E-state index in [-0.39, 0.29) is 6.23 Å². The Kier molecular flexibility index (Phi) is 3.68. The molecule has 5 nitrogen and oxygen atoms in total. The first-order chi connectivity index (χ1) is 9.78. The number of pyridine rings is 1. The Labute approximate surface area is 121 Å². The third-order valence-corrected chi connectivity index (χ3v) is 3.54. The van der Waals surface area contributed by atoms with Crippen molar-refractivity contribution < 1.29 is 4.74 Å². The second-order valence-electron chi connectivity index (χ2n) is 4.67. The molecule has 3 heterocycles. The Balaban J connectivity index is 1.92. The van der Waals surface area contributed by atoms with Crippen LogP contribution in [0.5, 0.6) is 0 Å². The molecule has 1 saturated heterocycles. The number of ether oxygens (including phenoxy) is 1. The van der Waals surface area contributed by atoms with Crippen molar-refractivity contribution in [2.24, 2.45) is 0 Å². The maximum atomic E-state index is 9.14. The van der Waals surface area contributed by atoms with E-state index in [1.54, 1.807) is 18.3 Å². The van der Waals surface area contributed by atoms with Crippen LogP contribution in [-0.4, -0.2) is 21.4 Å². The van der Waals surface area contributed by atoms with Gasteiger partial charge in [0.2, 0.25) is 0 Å². The highest BCUT2D eigenvalue weighted by Gasteiger charge is 2.17. The van der Waals surface area contributed by atoms with Gasteiger partial charge in [-0.1, -0.05) is 11.6 Å². The number of aromatic nitrogens is 3. The van der Waals surface area contributed by atoms with Crippen molar-refractivity contribution in [2.45, 2.75) is 25.5 Å². The predicted octanol–water partition coefficient (Wildman–Crippen LogP) is 3.17. The third-order valence-electron chi connectivity index (χ3n) is 3.33. The minimum absolute atomic E-state index is 0.0108. The van der Waals surface area contributed by atoms with E-state index in [0.717, 1.165) is 37.0 Å². The van der Waals surface area contributed by atoms with Crippen LogP contribution in [0.4, 0.5) is 0 Å². The van der Waals surface area contributed by atoms with E-state index in [1.165, 1.54) is 0 Å². The Morgan fingerprint density at radius 3 is 3.05 bits per heavy atom. The van der Waals surface area contributed by atoms with Crippen molar-refractivity contribution >= 4 is 11.6 Å². The lowest BCUT2D eigenvalue weighted by Crippen LogP contribution is -2.18. The molecule has 0 aliphatic carbocycles. The van der Waals surface area contributed by atoms with Gasteiger partial charge in [-0.15, -0.1) is 0 Å². The molecule has 1 aliphatic heterocycles. The van der Waals surface area contributed by atoms with Crippen molar-refractivity contribution in [1.82, 2.24) is 14.8 Å². The second-order valence-corrected chi connectivity index (χ2v) is 5.06. The largest absolute Gasteiger partial charge is 0.357 e. The number of nitrogens with zero attached hydrogens (tertiary/aromatic N) is 4. The summed E-state index contributed by atoms with van der Waals surface area (Å²) in [7, 11) is 0. The van der Waals surface area contributed by atoms with Crippen LogP contribution in [0.1, 0.15) is 31.2 Å². The fraction of sp³-hybridized carbons (Fsp3) is 0.357. The summed E-state index contributed by atoms with van der Waals surface area (Å²) in [6.07, 6.45) is 6.82. The lowest BCUT2D eigenvalue weighted by molar-refractivity contribution is -0.0394. The van der Waals surface area contributed by atoms with E-state index >= 15 is 0 Å². The molecule has 0 aromatic carbocycles. The predicted molar refractivity (Wildman–Crippen MR) is 74.0 cm³/mol. The summed E-state index contributed by atoms with van der Waals surface area (Å²) in [4.78, 5) is 4.03. The molecule has 1 fully saturated rings. The number of halogens is 1. The van der Waals surface area contributed by atoms with E-state index in [2.05, 4.69) is 16.2 Å². The first-order valence-electron chi connectivity index (χ1n) is 6.51. The average molecular weight is 289 g/mol. The summed E-state index contributed by atoms with van der Waals surface area (Å²) in [6.45, 7) is 0.770. The number of hydrogen-bond acceptors (Lipinski definition) is 4. The summed E-state index contributed by atoms with van der Waals surface area (Å²) in [5, 5.41) is 13.8. The van der Waals surface area contributed by atoms with Gasteiger partial charge in [0.15, 0.2) is 0 Å². The van der Waals surface area contributed by atoms with Gasteiger partial charge in [-0.2, -0.15) is 10.4 Å². The smallest absolute Gasteiger partial charge is 0.150 e. The molecule has 0 N–H and O–H groups in total. The minimum atomic E-state index is -0.0108. The Morgan fingerprint density at radius 2 is 2.30 bits per heavy atom. The molecule has 1 atom stereocenters. The van der Waals surface area contributed by atoms with E-state index < -0.39 is 0 Å². The van der Waals surface area contributed by atoms with Crippen LogP contribution in [-0.2, 0) is 4.74 Å². The molecule has 0 saturated carbocycles. The van der Waals surface area contributed by atoms with E-state index in [1.807, 2.05) is 10.9 Å². The highest BCUT2D eigenvalue weighted by Crippen LogP contribution is 2.27. The fourth-order valence-corrected chi connectivity index (χ4v) is 2.47. The van der Waals surface area contributed by atoms with Crippen molar-refractivity contribution in [2.75, 3.05) is 6.61 Å². The molecule has 2 aromatic rings. The molecule has 1 aliphatic rings. The van der Waals surface area contributed by atoms with E-state index in [4.69, 9.17) is 21.6 Å². The molecule has 6 heteroatoms. The lowest BCUT2D eigenvalue weighted by Gasteiger charge is -2.22. The topological polar surface area (TPSA) is 63.7 Å². The fourth-order valence-electron chi connectivity index (χ4n) is 2.32. The molecule has 0 spiro atoms. The van der Waals surface area contributed by atoms with Gasteiger partial charge in [0, 0.05) is 23.9 Å². The van der Waals surface area contributed by atoms with Gasteiger partial charge < -0.3 is 4.74 Å². The third kappa shape index (κ3) is 2.53. The van der Waals surface area contributed by atoms with E-state index in [9.17, 15) is 0 Å². The number of hydrogen-bond donors (Lipinski definition) is 0. The zero-order valence-electron chi connectivity index (χ0n) is 10.8. The van der Waals surface area contributed by atoms with Crippen molar-refractivity contribution in [3.8, 4) is 17.2 Å². The van der Waals surface area contributed by atoms with Gasteiger partial charge >= 0.3 is 0 Å². The van der Waals surface area contributed by atoms with Crippen molar-refractivity contribution in [1.29, 1.82) is 5.26 Å². The summed E-state index contributed by atoms with van der Waals surface area (Å²) in [5.41, 5.74) is 1.89. The van der Waals surface area contributed by atoms with Crippen LogP contribution in [0, 0.1) is 11.3 Å². The molecular weight excluding hydrogens is 276 g/mol. The maximum Gasteiger partial charge on any atom is 0.150 e. The number of rotatable bonds is 2. The van der Waals surface area contributed by atoms with Crippen LogP contribution in [0.15, 0.2) is 24.5 Å². The standard InChI is InChI=1S/C14H13ClN4O/c15-13-5-4-11(12(7-16)18-13)10-8-17-19(9-10)14-3-1-2-6-20-14/h4-5,8-9,14H,1-3,6H2. The van der Waals surface area contributed by atoms with Crippen molar-refractivity contribution in [3.63, 3.8) is 0 Å². The zero-order valence-corrected chi connectivity index (χ0v) is 11.5. The van der Waals surface area contributed by atoms with Gasteiger partial charge in [0.25, 0.3) is 0 Å². The summed E-state index contributed by atoms with van der Waals surface area (Å²) in [6, 6.07) is 5.52. The summed E-state index contributed by atoms with van der Waals surface area (Å²) in [5.74, 6) is 0. The molecule has 102 valence electrons. The summed E-state index contributed by atoms with van der Waals surface area (Å²) < 4.78 is 7.50. The maximum absolute atomic E-state index is 9.14. The minimum Gasteiger partial charge on any atom is -0.357 e. The molecule has 0 bridgehead atoms. The Bertz CT molecular complexity index is 655. The van der Waals surface area contributed by atoms with Crippen LogP contribution < -0.4 is 0 Å². The van der Waals surface area contributed by atoms with Crippen LogP contribution >= 0.6 is 11.6 Å². The van der Waals surface area contributed by atoms with Crippen LogP contribution in [0.2, 0.25) is 5.15 Å². The van der Waals surface area contributed by atoms with Gasteiger partial charge in [0.05, 0.1) is 6.20 Å².